The molecule has 1 aromatic carbocycles. The summed E-state index contributed by atoms with van der Waals surface area (Å²) in [4.78, 5) is 11.6. The molecule has 0 saturated heterocycles. The van der Waals surface area contributed by atoms with E-state index in [0.717, 1.165) is 0 Å². The van der Waals surface area contributed by atoms with Gasteiger partial charge < -0.3 is 5.32 Å². The lowest BCUT2D eigenvalue weighted by Crippen LogP contribution is -2.19. The molecule has 0 unspecified atom stereocenters. The molecule has 2 rings (SSSR count). The fourth-order valence-corrected chi connectivity index (χ4v) is 2.66. The van der Waals surface area contributed by atoms with Crippen LogP contribution in [0.2, 0.25) is 5.02 Å². The van der Waals surface area contributed by atoms with Crippen LogP contribution in [0.5, 0.6) is 0 Å². The van der Waals surface area contributed by atoms with Gasteiger partial charge in [-0.25, -0.2) is 8.42 Å². The molecule has 106 valence electrons. The maximum Gasteiger partial charge on any atom is 0.265 e. The minimum Gasteiger partial charge on any atom is -0.355 e. The third-order valence-electron chi connectivity index (χ3n) is 2.47. The Balaban J connectivity index is 2.33. The Morgan fingerprint density at radius 2 is 2.15 bits per heavy atom. The number of amides is 1. The topological polar surface area (TPSA) is 104 Å². The molecule has 0 radical (unpaired) electrons. The molecular weight excluding hydrogens is 304 g/mol. The first-order valence-electron chi connectivity index (χ1n) is 5.47. The summed E-state index contributed by atoms with van der Waals surface area (Å²) < 4.78 is 26.3. The lowest BCUT2D eigenvalue weighted by Gasteiger charge is -2.09. The van der Waals surface area contributed by atoms with Crippen molar-refractivity contribution in [2.75, 3.05) is 11.8 Å². The lowest BCUT2D eigenvalue weighted by atomic mass is 10.2. The molecule has 9 heteroatoms. The normalized spacial score (nSPS) is 11.1. The molecule has 7 nitrogen and oxygen atoms in total. The van der Waals surface area contributed by atoms with Crippen molar-refractivity contribution in [1.29, 1.82) is 0 Å². The van der Waals surface area contributed by atoms with E-state index in [-0.39, 0.29) is 21.2 Å². The maximum absolute atomic E-state index is 12.0. The summed E-state index contributed by atoms with van der Waals surface area (Å²) in [5, 5.41) is 8.65. The molecule has 0 saturated carbocycles. The number of nitrogens with zero attached hydrogens (tertiary/aromatic N) is 1. The molecule has 0 atom stereocenters. The van der Waals surface area contributed by atoms with Crippen molar-refractivity contribution in [1.82, 2.24) is 15.5 Å². The zero-order chi connectivity index (χ0) is 14.8. The molecule has 0 spiro atoms. The molecule has 0 bridgehead atoms. The second-order valence-electron chi connectivity index (χ2n) is 3.81. The first kappa shape index (κ1) is 14.4. The minimum atomic E-state index is -3.75. The highest BCUT2D eigenvalue weighted by molar-refractivity contribution is 7.92. The first-order valence-corrected chi connectivity index (χ1v) is 7.33. The van der Waals surface area contributed by atoms with Gasteiger partial charge in [0.15, 0.2) is 0 Å². The van der Waals surface area contributed by atoms with Crippen LogP contribution in [-0.4, -0.2) is 31.6 Å². The average molecular weight is 315 g/mol. The summed E-state index contributed by atoms with van der Waals surface area (Å²) in [6.45, 7) is 0. The Labute approximate surface area is 120 Å². The van der Waals surface area contributed by atoms with Crippen LogP contribution >= 0.6 is 11.6 Å². The van der Waals surface area contributed by atoms with E-state index in [9.17, 15) is 13.2 Å². The third-order valence-corrected chi connectivity index (χ3v) is 4.15. The quantitative estimate of drug-likeness (QED) is 0.789. The zero-order valence-electron chi connectivity index (χ0n) is 10.3. The number of sulfonamides is 1. The van der Waals surface area contributed by atoms with Gasteiger partial charge in [-0.2, -0.15) is 5.10 Å². The van der Waals surface area contributed by atoms with Crippen molar-refractivity contribution in [3.63, 3.8) is 0 Å². The van der Waals surface area contributed by atoms with E-state index in [1.807, 2.05) is 0 Å². The molecule has 2 aromatic rings. The number of H-pyrrole nitrogens is 1. The van der Waals surface area contributed by atoms with Crippen molar-refractivity contribution < 1.29 is 13.2 Å². The molecule has 1 aromatic heterocycles. The predicted octanol–water partition coefficient (Wildman–Crippen LogP) is 1.22. The van der Waals surface area contributed by atoms with Gasteiger partial charge in [-0.05, 0) is 18.2 Å². The van der Waals surface area contributed by atoms with Crippen molar-refractivity contribution in [3.05, 3.63) is 41.2 Å². The highest BCUT2D eigenvalue weighted by Crippen LogP contribution is 2.22. The molecule has 20 heavy (non-hydrogen) atoms. The third kappa shape index (κ3) is 2.91. The number of aromatic nitrogens is 2. The molecule has 0 aliphatic rings. The standard InChI is InChI=1S/C11H11ClN4O3S/c1-13-11(17)9-4-7(2-3-10(9)12)16-20(18,19)8-5-14-15-6-8/h2-6,16H,1H3,(H,13,17)(H,14,15). The van der Waals surface area contributed by atoms with Crippen molar-refractivity contribution in [2.45, 2.75) is 4.90 Å². The van der Waals surface area contributed by atoms with Crippen LogP contribution < -0.4 is 10.0 Å². The van der Waals surface area contributed by atoms with Crippen LogP contribution in [0.15, 0.2) is 35.5 Å². The number of anilines is 1. The Morgan fingerprint density at radius 1 is 1.40 bits per heavy atom. The number of hydrogen-bond donors (Lipinski definition) is 3. The zero-order valence-corrected chi connectivity index (χ0v) is 11.9. The van der Waals surface area contributed by atoms with Crippen LogP contribution in [0, 0.1) is 0 Å². The molecule has 3 N–H and O–H groups in total. The number of carbonyl (C=O) groups excluding carboxylic acids is 1. The van der Waals surface area contributed by atoms with Crippen LogP contribution in [0.25, 0.3) is 0 Å². The Bertz CT molecular complexity index is 728. The summed E-state index contributed by atoms with van der Waals surface area (Å²) in [6.07, 6.45) is 2.43. The van der Waals surface area contributed by atoms with Crippen molar-refractivity contribution in [2.24, 2.45) is 0 Å². The molecular formula is C11H11ClN4O3S. The summed E-state index contributed by atoms with van der Waals surface area (Å²) in [6, 6.07) is 4.27. The van der Waals surface area contributed by atoms with Gasteiger partial charge in [0.25, 0.3) is 15.9 Å². The Kier molecular flexibility index (Phi) is 3.96. The summed E-state index contributed by atoms with van der Waals surface area (Å²) in [7, 11) is -2.29. The van der Waals surface area contributed by atoms with E-state index >= 15 is 0 Å². The number of hydrogen-bond acceptors (Lipinski definition) is 4. The molecule has 0 aliphatic carbocycles. The van der Waals surface area contributed by atoms with E-state index in [4.69, 9.17) is 11.6 Å². The average Bonchev–Trinajstić information content (AvgIpc) is 2.94. The second-order valence-corrected chi connectivity index (χ2v) is 5.90. The largest absolute Gasteiger partial charge is 0.355 e. The second kappa shape index (κ2) is 5.51. The fourth-order valence-electron chi connectivity index (χ4n) is 1.50. The van der Waals surface area contributed by atoms with Crippen LogP contribution in [0.3, 0.4) is 0 Å². The number of benzene rings is 1. The van der Waals surface area contributed by atoms with Gasteiger partial charge in [0, 0.05) is 18.9 Å². The van der Waals surface area contributed by atoms with E-state index < -0.39 is 15.9 Å². The molecule has 0 fully saturated rings. The number of aromatic amines is 1. The number of rotatable bonds is 4. The summed E-state index contributed by atoms with van der Waals surface area (Å²) in [5.41, 5.74) is 0.413. The monoisotopic (exact) mass is 314 g/mol. The van der Waals surface area contributed by atoms with E-state index in [1.165, 1.54) is 37.6 Å². The molecule has 0 aliphatic heterocycles. The Morgan fingerprint density at radius 3 is 2.75 bits per heavy atom. The van der Waals surface area contributed by atoms with Gasteiger partial charge in [-0.15, -0.1) is 0 Å². The van der Waals surface area contributed by atoms with Crippen LogP contribution in [0.1, 0.15) is 10.4 Å². The number of halogens is 1. The SMILES string of the molecule is CNC(=O)c1cc(NS(=O)(=O)c2cn[nH]c2)ccc1Cl. The molecule has 1 amide bonds. The predicted molar refractivity (Wildman–Crippen MR) is 74.2 cm³/mol. The van der Waals surface area contributed by atoms with Gasteiger partial charge >= 0.3 is 0 Å². The fraction of sp³-hybridized carbons (Fsp3) is 0.0909. The summed E-state index contributed by atoms with van der Waals surface area (Å²) in [5.74, 6) is -0.403. The van der Waals surface area contributed by atoms with Gasteiger partial charge in [0.05, 0.1) is 16.8 Å². The van der Waals surface area contributed by atoms with Crippen LogP contribution in [-0.2, 0) is 10.0 Å². The highest BCUT2D eigenvalue weighted by Gasteiger charge is 2.17. The van der Waals surface area contributed by atoms with Gasteiger partial charge in [0.1, 0.15) is 4.90 Å². The lowest BCUT2D eigenvalue weighted by molar-refractivity contribution is 0.0963. The maximum atomic E-state index is 12.0. The highest BCUT2D eigenvalue weighted by atomic mass is 35.5. The van der Waals surface area contributed by atoms with Crippen molar-refractivity contribution >= 4 is 33.2 Å². The number of carbonyl (C=O) groups is 1. The first-order chi connectivity index (χ1) is 9.44. The van der Waals surface area contributed by atoms with Crippen LogP contribution in [0.4, 0.5) is 5.69 Å². The summed E-state index contributed by atoms with van der Waals surface area (Å²) >= 11 is 5.89. The Hall–Kier alpha value is -2.06. The number of nitrogens with one attached hydrogen (secondary N) is 3. The van der Waals surface area contributed by atoms with E-state index in [1.54, 1.807) is 0 Å². The smallest absolute Gasteiger partial charge is 0.265 e. The van der Waals surface area contributed by atoms with Gasteiger partial charge in [0.2, 0.25) is 0 Å². The molecule has 1 heterocycles. The van der Waals surface area contributed by atoms with E-state index in [0.29, 0.717) is 0 Å². The van der Waals surface area contributed by atoms with Gasteiger partial charge in [-0.3, -0.25) is 14.6 Å². The van der Waals surface area contributed by atoms with E-state index in [2.05, 4.69) is 20.2 Å². The van der Waals surface area contributed by atoms with Crippen molar-refractivity contribution in [3.8, 4) is 0 Å². The minimum absolute atomic E-state index is 0.00561. The van der Waals surface area contributed by atoms with Gasteiger partial charge in [-0.1, -0.05) is 11.6 Å².